The SMILES string of the molecule is COC(=O)c1ccc(C=NNC(=O)c2ccc(C)cc2)cc1. The van der Waals surface area contributed by atoms with E-state index in [-0.39, 0.29) is 5.91 Å². The number of methoxy groups -OCH3 is 1. The van der Waals surface area contributed by atoms with Crippen LogP contribution in [-0.2, 0) is 4.74 Å². The zero-order valence-corrected chi connectivity index (χ0v) is 12.4. The molecular formula is C17H16N2O3. The summed E-state index contributed by atoms with van der Waals surface area (Å²) in [5, 5.41) is 3.89. The molecule has 0 saturated heterocycles. The molecule has 0 aliphatic rings. The number of aryl methyl sites for hydroxylation is 1. The second-order valence-electron chi connectivity index (χ2n) is 4.68. The van der Waals surface area contributed by atoms with Crippen molar-refractivity contribution in [1.29, 1.82) is 0 Å². The molecule has 0 aliphatic heterocycles. The maximum atomic E-state index is 11.8. The second kappa shape index (κ2) is 7.17. The zero-order valence-electron chi connectivity index (χ0n) is 12.4. The third kappa shape index (κ3) is 4.02. The minimum atomic E-state index is -0.392. The molecule has 0 heterocycles. The van der Waals surface area contributed by atoms with E-state index >= 15 is 0 Å². The van der Waals surface area contributed by atoms with Crippen LogP contribution in [0.4, 0.5) is 0 Å². The monoisotopic (exact) mass is 296 g/mol. The van der Waals surface area contributed by atoms with Crippen LogP contribution in [0.25, 0.3) is 0 Å². The van der Waals surface area contributed by atoms with E-state index in [1.54, 1.807) is 36.4 Å². The van der Waals surface area contributed by atoms with Crippen LogP contribution in [0.15, 0.2) is 53.6 Å². The maximum absolute atomic E-state index is 11.8. The van der Waals surface area contributed by atoms with Gasteiger partial charge in [0.2, 0.25) is 0 Å². The number of rotatable bonds is 4. The highest BCUT2D eigenvalue weighted by molar-refractivity contribution is 5.95. The van der Waals surface area contributed by atoms with Crippen LogP contribution in [0.3, 0.4) is 0 Å². The Morgan fingerprint density at radius 3 is 2.18 bits per heavy atom. The molecule has 0 unspecified atom stereocenters. The van der Waals surface area contributed by atoms with E-state index in [0.29, 0.717) is 11.1 Å². The fraction of sp³-hybridized carbons (Fsp3) is 0.118. The van der Waals surface area contributed by atoms with E-state index in [9.17, 15) is 9.59 Å². The number of amides is 1. The summed E-state index contributed by atoms with van der Waals surface area (Å²) in [6, 6.07) is 13.9. The van der Waals surface area contributed by atoms with Crippen LogP contribution in [0.2, 0.25) is 0 Å². The Morgan fingerprint density at radius 1 is 1.00 bits per heavy atom. The number of esters is 1. The Kier molecular flexibility index (Phi) is 5.03. The van der Waals surface area contributed by atoms with Gasteiger partial charge in [-0.15, -0.1) is 0 Å². The molecule has 22 heavy (non-hydrogen) atoms. The fourth-order valence-electron chi connectivity index (χ4n) is 1.76. The van der Waals surface area contributed by atoms with Crippen molar-refractivity contribution in [3.8, 4) is 0 Å². The Labute approximate surface area is 128 Å². The van der Waals surface area contributed by atoms with Crippen molar-refractivity contribution in [3.05, 3.63) is 70.8 Å². The molecule has 1 N–H and O–H groups in total. The van der Waals surface area contributed by atoms with E-state index < -0.39 is 5.97 Å². The number of carbonyl (C=O) groups is 2. The van der Waals surface area contributed by atoms with Gasteiger partial charge in [0.1, 0.15) is 0 Å². The van der Waals surface area contributed by atoms with Crippen LogP contribution in [0.5, 0.6) is 0 Å². The molecule has 0 atom stereocenters. The Balaban J connectivity index is 1.96. The summed E-state index contributed by atoms with van der Waals surface area (Å²) in [7, 11) is 1.33. The number of hydrazone groups is 1. The highest BCUT2D eigenvalue weighted by Gasteiger charge is 2.04. The maximum Gasteiger partial charge on any atom is 0.337 e. The first-order valence-corrected chi connectivity index (χ1v) is 6.68. The number of hydrogen-bond donors (Lipinski definition) is 1. The first kappa shape index (κ1) is 15.4. The molecule has 0 spiro atoms. The number of carbonyl (C=O) groups excluding carboxylic acids is 2. The van der Waals surface area contributed by atoms with Gasteiger partial charge in [-0.1, -0.05) is 29.8 Å². The lowest BCUT2D eigenvalue weighted by atomic mass is 10.1. The summed E-state index contributed by atoms with van der Waals surface area (Å²) in [4.78, 5) is 23.1. The fourth-order valence-corrected chi connectivity index (χ4v) is 1.76. The van der Waals surface area contributed by atoms with Crippen molar-refractivity contribution in [3.63, 3.8) is 0 Å². The predicted octanol–water partition coefficient (Wildman–Crippen LogP) is 2.55. The molecule has 0 saturated carbocycles. The average Bonchev–Trinajstić information content (AvgIpc) is 2.55. The van der Waals surface area contributed by atoms with Crippen molar-refractivity contribution in [2.24, 2.45) is 5.10 Å². The summed E-state index contributed by atoms with van der Waals surface area (Å²) in [6.45, 7) is 1.96. The molecule has 5 nitrogen and oxygen atoms in total. The lowest BCUT2D eigenvalue weighted by molar-refractivity contribution is 0.0600. The van der Waals surface area contributed by atoms with Crippen LogP contribution >= 0.6 is 0 Å². The molecule has 2 aromatic rings. The second-order valence-corrected chi connectivity index (χ2v) is 4.68. The van der Waals surface area contributed by atoms with E-state index in [1.165, 1.54) is 13.3 Å². The number of nitrogens with zero attached hydrogens (tertiary/aromatic N) is 1. The zero-order chi connectivity index (χ0) is 15.9. The third-order valence-electron chi connectivity index (χ3n) is 3.03. The summed E-state index contributed by atoms with van der Waals surface area (Å²) >= 11 is 0. The van der Waals surface area contributed by atoms with Gasteiger partial charge in [0, 0.05) is 5.56 Å². The van der Waals surface area contributed by atoms with E-state index in [4.69, 9.17) is 0 Å². The van der Waals surface area contributed by atoms with Gasteiger partial charge in [-0.3, -0.25) is 4.79 Å². The molecule has 0 fully saturated rings. The third-order valence-corrected chi connectivity index (χ3v) is 3.03. The van der Waals surface area contributed by atoms with E-state index in [2.05, 4.69) is 15.3 Å². The predicted molar refractivity (Wildman–Crippen MR) is 84.0 cm³/mol. The summed E-state index contributed by atoms with van der Waals surface area (Å²) in [5.41, 5.74) is 5.31. The van der Waals surface area contributed by atoms with Crippen LogP contribution in [-0.4, -0.2) is 25.2 Å². The van der Waals surface area contributed by atoms with Crippen LogP contribution < -0.4 is 5.43 Å². The minimum absolute atomic E-state index is 0.276. The van der Waals surface area contributed by atoms with E-state index in [1.807, 2.05) is 19.1 Å². The van der Waals surface area contributed by atoms with Gasteiger partial charge in [-0.25, -0.2) is 10.2 Å². The highest BCUT2D eigenvalue weighted by Crippen LogP contribution is 2.04. The van der Waals surface area contributed by atoms with Gasteiger partial charge in [0.15, 0.2) is 0 Å². The highest BCUT2D eigenvalue weighted by atomic mass is 16.5. The van der Waals surface area contributed by atoms with Gasteiger partial charge in [-0.05, 0) is 36.8 Å². The van der Waals surface area contributed by atoms with Crippen molar-refractivity contribution < 1.29 is 14.3 Å². The lowest BCUT2D eigenvalue weighted by Gasteiger charge is -2.01. The molecule has 0 aromatic heterocycles. The topological polar surface area (TPSA) is 67.8 Å². The Hall–Kier alpha value is -2.95. The van der Waals surface area contributed by atoms with Gasteiger partial charge in [-0.2, -0.15) is 5.10 Å². The quantitative estimate of drug-likeness (QED) is 0.535. The Morgan fingerprint density at radius 2 is 1.59 bits per heavy atom. The standard InChI is InChI=1S/C17H16N2O3/c1-12-3-7-14(8-4-12)16(20)19-18-11-13-5-9-15(10-6-13)17(21)22-2/h3-11H,1-2H3,(H,19,20). The summed E-state index contributed by atoms with van der Waals surface area (Å²) in [5.74, 6) is -0.668. The van der Waals surface area contributed by atoms with Gasteiger partial charge in [0.25, 0.3) is 5.91 Å². The number of nitrogens with one attached hydrogen (secondary N) is 1. The van der Waals surface area contributed by atoms with Crippen molar-refractivity contribution in [2.75, 3.05) is 7.11 Å². The Bertz CT molecular complexity index is 689. The first-order valence-electron chi connectivity index (χ1n) is 6.68. The minimum Gasteiger partial charge on any atom is -0.465 e. The van der Waals surface area contributed by atoms with Gasteiger partial charge >= 0.3 is 5.97 Å². The smallest absolute Gasteiger partial charge is 0.337 e. The van der Waals surface area contributed by atoms with Crippen LogP contribution in [0, 0.1) is 6.92 Å². The van der Waals surface area contributed by atoms with Crippen LogP contribution in [0.1, 0.15) is 31.8 Å². The normalized spacial score (nSPS) is 10.5. The largest absolute Gasteiger partial charge is 0.465 e. The number of hydrogen-bond acceptors (Lipinski definition) is 4. The summed E-state index contributed by atoms with van der Waals surface area (Å²) < 4.78 is 4.62. The molecular weight excluding hydrogens is 280 g/mol. The molecule has 112 valence electrons. The number of ether oxygens (including phenoxy) is 1. The van der Waals surface area contributed by atoms with Gasteiger partial charge in [0.05, 0.1) is 18.9 Å². The number of benzene rings is 2. The van der Waals surface area contributed by atoms with Crippen molar-refractivity contribution in [1.82, 2.24) is 5.43 Å². The summed E-state index contributed by atoms with van der Waals surface area (Å²) in [6.07, 6.45) is 1.51. The van der Waals surface area contributed by atoms with Crippen molar-refractivity contribution >= 4 is 18.1 Å². The molecule has 0 radical (unpaired) electrons. The van der Waals surface area contributed by atoms with Crippen molar-refractivity contribution in [2.45, 2.75) is 6.92 Å². The average molecular weight is 296 g/mol. The van der Waals surface area contributed by atoms with Gasteiger partial charge < -0.3 is 4.74 Å². The molecule has 2 rings (SSSR count). The lowest BCUT2D eigenvalue weighted by Crippen LogP contribution is -2.17. The molecule has 1 amide bonds. The molecule has 5 heteroatoms. The molecule has 0 aliphatic carbocycles. The molecule has 2 aromatic carbocycles. The van der Waals surface area contributed by atoms with E-state index in [0.717, 1.165) is 11.1 Å². The molecule has 0 bridgehead atoms. The first-order chi connectivity index (χ1) is 10.6.